The first-order chi connectivity index (χ1) is 11.7. The monoisotopic (exact) mass is 328 g/mol. The maximum Gasteiger partial charge on any atom is 0.341 e. The molecule has 1 aliphatic rings. The number of fused-ring (bicyclic) bond motifs is 1. The Morgan fingerprint density at radius 1 is 1.29 bits per heavy atom. The molecule has 1 saturated heterocycles. The number of piperazine rings is 1. The van der Waals surface area contributed by atoms with E-state index in [2.05, 4.69) is 42.1 Å². The van der Waals surface area contributed by atoms with E-state index in [1.54, 1.807) is 6.20 Å². The van der Waals surface area contributed by atoms with Crippen LogP contribution >= 0.6 is 0 Å². The molecule has 2 heterocycles. The molecule has 0 atom stereocenters. The fraction of sp³-hybridized carbons (Fsp3) is 0.474. The van der Waals surface area contributed by atoms with Gasteiger partial charge in [-0.15, -0.1) is 0 Å². The molecule has 3 rings (SSSR count). The van der Waals surface area contributed by atoms with E-state index < -0.39 is 0 Å². The van der Waals surface area contributed by atoms with E-state index in [4.69, 9.17) is 4.74 Å². The largest absolute Gasteiger partial charge is 0.462 e. The lowest BCUT2D eigenvalue weighted by molar-refractivity contribution is -0.880. The fourth-order valence-electron chi connectivity index (χ4n) is 3.37. The number of quaternary nitrogens is 1. The van der Waals surface area contributed by atoms with E-state index >= 15 is 0 Å². The highest BCUT2D eigenvalue weighted by Crippen LogP contribution is 2.32. The molecule has 1 aliphatic heterocycles. The molecule has 0 unspecified atom stereocenters. The summed E-state index contributed by atoms with van der Waals surface area (Å²) in [5, 5.41) is 1.06. The molecule has 2 aromatic rings. The van der Waals surface area contributed by atoms with Crippen LogP contribution < -0.4 is 9.80 Å². The summed E-state index contributed by atoms with van der Waals surface area (Å²) >= 11 is 0. The Morgan fingerprint density at radius 3 is 2.71 bits per heavy atom. The van der Waals surface area contributed by atoms with Crippen LogP contribution in [-0.2, 0) is 11.2 Å². The van der Waals surface area contributed by atoms with E-state index in [0.29, 0.717) is 12.2 Å². The van der Waals surface area contributed by atoms with Gasteiger partial charge in [0.15, 0.2) is 0 Å². The number of likely N-dealkylation sites (N-methyl/N-ethyl adjacent to an activating group) is 1. The van der Waals surface area contributed by atoms with Crippen molar-refractivity contribution in [1.29, 1.82) is 0 Å². The second-order valence-electron chi connectivity index (χ2n) is 6.35. The van der Waals surface area contributed by atoms with Gasteiger partial charge in [-0.3, -0.25) is 4.98 Å². The van der Waals surface area contributed by atoms with Gasteiger partial charge < -0.3 is 14.5 Å². The number of hydrogen-bond acceptors (Lipinski definition) is 4. The molecule has 0 radical (unpaired) electrons. The van der Waals surface area contributed by atoms with Crippen LogP contribution in [0, 0.1) is 0 Å². The lowest BCUT2D eigenvalue weighted by Gasteiger charge is -2.33. The number of carbonyl (C=O) groups is 1. The Bertz CT molecular complexity index is 737. The molecule has 5 nitrogen and oxygen atoms in total. The first-order valence-corrected chi connectivity index (χ1v) is 8.79. The van der Waals surface area contributed by atoms with E-state index in [1.807, 2.05) is 6.92 Å². The molecule has 0 amide bonds. The summed E-state index contributed by atoms with van der Waals surface area (Å²) < 4.78 is 5.28. The van der Waals surface area contributed by atoms with Crippen molar-refractivity contribution in [3.63, 3.8) is 0 Å². The van der Waals surface area contributed by atoms with Gasteiger partial charge in [-0.05, 0) is 18.9 Å². The average molecular weight is 328 g/mol. The molecule has 1 aromatic carbocycles. The normalized spacial score (nSPS) is 15.7. The third-order valence-corrected chi connectivity index (χ3v) is 4.76. The van der Waals surface area contributed by atoms with Gasteiger partial charge in [0.05, 0.1) is 51.0 Å². The lowest BCUT2D eigenvalue weighted by atomic mass is 10.0. The van der Waals surface area contributed by atoms with Crippen molar-refractivity contribution in [3.8, 4) is 0 Å². The van der Waals surface area contributed by atoms with Crippen LogP contribution in [0.4, 0.5) is 5.69 Å². The molecule has 0 bridgehead atoms. The highest BCUT2D eigenvalue weighted by atomic mass is 16.5. The number of benzene rings is 1. The number of aromatic nitrogens is 1. The van der Waals surface area contributed by atoms with Crippen LogP contribution in [0.1, 0.15) is 29.8 Å². The van der Waals surface area contributed by atoms with Gasteiger partial charge in [0.2, 0.25) is 0 Å². The summed E-state index contributed by atoms with van der Waals surface area (Å²) in [6.45, 7) is 8.35. The number of para-hydroxylation sites is 1. The molecule has 1 fully saturated rings. The molecule has 0 spiro atoms. The number of pyridine rings is 1. The quantitative estimate of drug-likeness (QED) is 0.860. The summed E-state index contributed by atoms with van der Waals surface area (Å²) in [5.74, 6) is -0.282. The zero-order valence-corrected chi connectivity index (χ0v) is 14.8. The van der Waals surface area contributed by atoms with Gasteiger partial charge in [0, 0.05) is 11.6 Å². The number of ether oxygens (including phenoxy) is 1. The minimum absolute atomic E-state index is 0.282. The van der Waals surface area contributed by atoms with Crippen LogP contribution in [0.2, 0.25) is 0 Å². The molecule has 1 aromatic heterocycles. The fourth-order valence-corrected chi connectivity index (χ4v) is 3.37. The molecule has 24 heavy (non-hydrogen) atoms. The van der Waals surface area contributed by atoms with Crippen molar-refractivity contribution < 1.29 is 14.4 Å². The number of aryl methyl sites for hydroxylation is 1. The van der Waals surface area contributed by atoms with Crippen molar-refractivity contribution in [2.24, 2.45) is 0 Å². The van der Waals surface area contributed by atoms with Crippen LogP contribution in [0.15, 0.2) is 24.4 Å². The molecule has 128 valence electrons. The van der Waals surface area contributed by atoms with E-state index in [1.165, 1.54) is 10.5 Å². The third-order valence-electron chi connectivity index (χ3n) is 4.76. The minimum Gasteiger partial charge on any atom is -0.462 e. The second-order valence-corrected chi connectivity index (χ2v) is 6.35. The molecule has 1 N–H and O–H groups in total. The first-order valence-electron chi connectivity index (χ1n) is 8.79. The van der Waals surface area contributed by atoms with Crippen molar-refractivity contribution >= 4 is 22.6 Å². The number of hydrogen-bond donors (Lipinski definition) is 1. The van der Waals surface area contributed by atoms with Gasteiger partial charge in [0.1, 0.15) is 5.56 Å². The highest BCUT2D eigenvalue weighted by Gasteiger charge is 2.25. The number of anilines is 1. The number of nitrogens with one attached hydrogen (secondary N) is 1. The van der Waals surface area contributed by atoms with Crippen molar-refractivity contribution in [1.82, 2.24) is 4.98 Å². The maximum absolute atomic E-state index is 12.5. The standard InChI is InChI=1S/C19H25N3O2/c1-4-14-7-6-8-15-17(14)20-13-16(19(23)24-5-2)18(15)22-11-9-21(3)10-12-22/h6-8,13H,4-5,9-12H2,1-3H3/p+1. The molecular weight excluding hydrogens is 302 g/mol. The zero-order chi connectivity index (χ0) is 17.1. The summed E-state index contributed by atoms with van der Waals surface area (Å²) in [6.07, 6.45) is 2.62. The Balaban J connectivity index is 2.16. The molecule has 0 aliphatic carbocycles. The van der Waals surface area contributed by atoms with Gasteiger partial charge in [-0.2, -0.15) is 0 Å². The minimum atomic E-state index is -0.282. The number of nitrogens with zero attached hydrogens (tertiary/aromatic N) is 2. The molecule has 0 saturated carbocycles. The van der Waals surface area contributed by atoms with Crippen molar-refractivity contribution in [2.75, 3.05) is 44.7 Å². The predicted molar refractivity (Wildman–Crippen MR) is 95.9 cm³/mol. The van der Waals surface area contributed by atoms with Crippen LogP contribution in [0.3, 0.4) is 0 Å². The van der Waals surface area contributed by atoms with Gasteiger partial charge in [-0.25, -0.2) is 4.79 Å². The van der Waals surface area contributed by atoms with Gasteiger partial charge >= 0.3 is 5.97 Å². The Kier molecular flexibility index (Phi) is 5.00. The summed E-state index contributed by atoms with van der Waals surface area (Å²) in [6, 6.07) is 6.24. The van der Waals surface area contributed by atoms with Crippen molar-refractivity contribution in [3.05, 3.63) is 35.5 Å². The van der Waals surface area contributed by atoms with Gasteiger partial charge in [0.25, 0.3) is 0 Å². The van der Waals surface area contributed by atoms with Gasteiger partial charge in [-0.1, -0.05) is 25.1 Å². The highest BCUT2D eigenvalue weighted by molar-refractivity contribution is 6.06. The van der Waals surface area contributed by atoms with Crippen LogP contribution in [0.25, 0.3) is 10.9 Å². The smallest absolute Gasteiger partial charge is 0.341 e. The summed E-state index contributed by atoms with van der Waals surface area (Å²) in [5.41, 5.74) is 3.77. The van der Waals surface area contributed by atoms with E-state index in [9.17, 15) is 4.79 Å². The Morgan fingerprint density at radius 2 is 2.04 bits per heavy atom. The van der Waals surface area contributed by atoms with Crippen LogP contribution in [-0.4, -0.2) is 50.8 Å². The Hall–Kier alpha value is -2.14. The van der Waals surface area contributed by atoms with E-state index in [-0.39, 0.29) is 5.97 Å². The Labute approximate surface area is 143 Å². The summed E-state index contributed by atoms with van der Waals surface area (Å²) in [7, 11) is 2.21. The lowest BCUT2D eigenvalue weighted by Crippen LogP contribution is -3.12. The maximum atomic E-state index is 12.5. The predicted octanol–water partition coefficient (Wildman–Crippen LogP) is 1.31. The number of rotatable bonds is 4. The number of carbonyl (C=O) groups excluding carboxylic acids is 1. The molecular formula is C19H26N3O2+. The second kappa shape index (κ2) is 7.18. The first kappa shape index (κ1) is 16.7. The SMILES string of the molecule is CCOC(=O)c1cnc2c(CC)cccc2c1N1CC[NH+](C)CC1. The average Bonchev–Trinajstić information content (AvgIpc) is 2.61. The number of esters is 1. The summed E-state index contributed by atoms with van der Waals surface area (Å²) in [4.78, 5) is 20.9. The zero-order valence-electron chi connectivity index (χ0n) is 14.8. The molecule has 5 heteroatoms. The third kappa shape index (κ3) is 3.08. The van der Waals surface area contributed by atoms with Crippen LogP contribution in [0.5, 0.6) is 0 Å². The van der Waals surface area contributed by atoms with Crippen molar-refractivity contribution in [2.45, 2.75) is 20.3 Å². The van der Waals surface area contributed by atoms with E-state index in [0.717, 1.165) is 49.2 Å². The topological polar surface area (TPSA) is 46.9 Å².